The molecule has 1 heterocycles. The molecule has 146 valence electrons. The molecule has 0 atom stereocenters. The molecule has 0 spiro atoms. The summed E-state index contributed by atoms with van der Waals surface area (Å²) < 4.78 is 10.6. The number of rotatable bonds is 6. The molecule has 7 heteroatoms. The highest BCUT2D eigenvalue weighted by molar-refractivity contribution is 8.04. The van der Waals surface area contributed by atoms with Gasteiger partial charge in [0.05, 0.1) is 24.8 Å². The number of thioether (sulfide) groups is 1. The van der Waals surface area contributed by atoms with Crippen molar-refractivity contribution in [1.29, 1.82) is 0 Å². The molecular weight excluding hydrogens is 376 g/mol. The molecule has 3 rings (SSSR count). The van der Waals surface area contributed by atoms with Gasteiger partial charge in [-0.05, 0) is 48.4 Å². The van der Waals surface area contributed by atoms with Crippen molar-refractivity contribution in [3.8, 4) is 11.5 Å². The van der Waals surface area contributed by atoms with E-state index in [0.717, 1.165) is 16.9 Å². The highest BCUT2D eigenvalue weighted by atomic mass is 32.2. The summed E-state index contributed by atoms with van der Waals surface area (Å²) in [6, 6.07) is 10.8. The third-order valence-corrected chi connectivity index (χ3v) is 5.27. The van der Waals surface area contributed by atoms with Crippen LogP contribution in [0.25, 0.3) is 6.08 Å². The van der Waals surface area contributed by atoms with Gasteiger partial charge in [0.15, 0.2) is 11.5 Å². The zero-order chi connectivity index (χ0) is 20.1. The number of amides is 2. The largest absolute Gasteiger partial charge is 0.493 e. The minimum Gasteiger partial charge on any atom is -0.493 e. The van der Waals surface area contributed by atoms with Crippen LogP contribution < -0.4 is 20.1 Å². The monoisotopic (exact) mass is 398 g/mol. The first kappa shape index (κ1) is 19.8. The summed E-state index contributed by atoms with van der Waals surface area (Å²) >= 11 is 1.37. The number of nitrogens with one attached hydrogen (secondary N) is 2. The predicted molar refractivity (Wildman–Crippen MR) is 111 cm³/mol. The Morgan fingerprint density at radius 2 is 1.93 bits per heavy atom. The maximum Gasteiger partial charge on any atom is 0.262 e. The summed E-state index contributed by atoms with van der Waals surface area (Å²) in [5, 5.41) is 5.71. The Morgan fingerprint density at radius 1 is 1.14 bits per heavy atom. The number of benzene rings is 2. The SMILES string of the molecule is CCCNC(=O)c1ccc2c(c1)NC(=O)C(=Cc1ccc(OC)c(OC)c1)S2. The maximum atomic E-state index is 12.5. The summed E-state index contributed by atoms with van der Waals surface area (Å²) in [4.78, 5) is 26.1. The number of ether oxygens (including phenoxy) is 2. The number of hydrogen-bond donors (Lipinski definition) is 2. The van der Waals surface area contributed by atoms with Gasteiger partial charge in [-0.1, -0.05) is 24.8 Å². The Balaban J connectivity index is 1.84. The van der Waals surface area contributed by atoms with Crippen LogP contribution in [0.15, 0.2) is 46.2 Å². The maximum absolute atomic E-state index is 12.5. The summed E-state index contributed by atoms with van der Waals surface area (Å²) in [6.45, 7) is 2.62. The lowest BCUT2D eigenvalue weighted by Gasteiger charge is -2.19. The smallest absolute Gasteiger partial charge is 0.262 e. The fourth-order valence-corrected chi connectivity index (χ4v) is 3.67. The van der Waals surface area contributed by atoms with Gasteiger partial charge in [-0.15, -0.1) is 0 Å². The predicted octanol–water partition coefficient (Wildman–Crippen LogP) is 3.93. The number of methoxy groups -OCH3 is 2. The standard InChI is InChI=1S/C21H22N2O4S/c1-4-9-22-20(24)14-6-8-18-15(12-14)23-21(25)19(28-18)11-13-5-7-16(26-2)17(10-13)27-3/h5-8,10-12H,4,9H2,1-3H3,(H,22,24)(H,23,25). The van der Waals surface area contributed by atoms with E-state index in [1.165, 1.54) is 11.8 Å². The summed E-state index contributed by atoms with van der Waals surface area (Å²) in [6.07, 6.45) is 2.67. The van der Waals surface area contributed by atoms with E-state index in [4.69, 9.17) is 9.47 Å². The Hall–Kier alpha value is -2.93. The van der Waals surface area contributed by atoms with Gasteiger partial charge in [-0.3, -0.25) is 9.59 Å². The third-order valence-electron chi connectivity index (χ3n) is 4.17. The van der Waals surface area contributed by atoms with Crippen molar-refractivity contribution in [2.24, 2.45) is 0 Å². The molecule has 0 radical (unpaired) electrons. The number of carbonyl (C=O) groups is 2. The lowest BCUT2D eigenvalue weighted by atomic mass is 10.1. The molecule has 0 aliphatic carbocycles. The summed E-state index contributed by atoms with van der Waals surface area (Å²) in [7, 11) is 3.15. The van der Waals surface area contributed by atoms with Gasteiger partial charge in [-0.25, -0.2) is 0 Å². The van der Waals surface area contributed by atoms with Crippen molar-refractivity contribution in [3.05, 3.63) is 52.4 Å². The number of anilines is 1. The fraction of sp³-hybridized carbons (Fsp3) is 0.238. The van der Waals surface area contributed by atoms with E-state index in [9.17, 15) is 9.59 Å². The van der Waals surface area contributed by atoms with Crippen LogP contribution in [0, 0.1) is 0 Å². The van der Waals surface area contributed by atoms with Crippen LogP contribution in [0.4, 0.5) is 5.69 Å². The average molecular weight is 398 g/mol. The molecule has 0 bridgehead atoms. The third kappa shape index (κ3) is 4.31. The van der Waals surface area contributed by atoms with Crippen LogP contribution in [0.2, 0.25) is 0 Å². The molecule has 0 aromatic heterocycles. The topological polar surface area (TPSA) is 76.7 Å². The molecule has 2 amide bonds. The van der Waals surface area contributed by atoms with Gasteiger partial charge in [0.2, 0.25) is 0 Å². The van der Waals surface area contributed by atoms with Crippen LogP contribution in [0.3, 0.4) is 0 Å². The zero-order valence-electron chi connectivity index (χ0n) is 16.0. The number of hydrogen-bond acceptors (Lipinski definition) is 5. The Labute approximate surface area is 168 Å². The van der Waals surface area contributed by atoms with E-state index in [-0.39, 0.29) is 11.8 Å². The van der Waals surface area contributed by atoms with Crippen molar-refractivity contribution in [3.63, 3.8) is 0 Å². The van der Waals surface area contributed by atoms with Gasteiger partial charge in [0, 0.05) is 17.0 Å². The fourth-order valence-electron chi connectivity index (χ4n) is 2.74. The first-order valence-corrected chi connectivity index (χ1v) is 9.72. The van der Waals surface area contributed by atoms with E-state index >= 15 is 0 Å². The molecular formula is C21H22N2O4S. The van der Waals surface area contributed by atoms with Crippen molar-refractivity contribution < 1.29 is 19.1 Å². The van der Waals surface area contributed by atoms with Gasteiger partial charge >= 0.3 is 0 Å². The molecule has 2 aromatic carbocycles. The highest BCUT2D eigenvalue weighted by Gasteiger charge is 2.22. The first-order chi connectivity index (χ1) is 13.5. The quantitative estimate of drug-likeness (QED) is 0.721. The molecule has 2 aromatic rings. The molecule has 28 heavy (non-hydrogen) atoms. The molecule has 1 aliphatic rings. The number of fused-ring (bicyclic) bond motifs is 1. The van der Waals surface area contributed by atoms with E-state index in [0.29, 0.717) is 34.2 Å². The normalized spacial score (nSPS) is 14.2. The minimum absolute atomic E-state index is 0.143. The van der Waals surface area contributed by atoms with Crippen LogP contribution in [-0.4, -0.2) is 32.6 Å². The molecule has 1 aliphatic heterocycles. The van der Waals surface area contributed by atoms with E-state index < -0.39 is 0 Å². The average Bonchev–Trinajstić information content (AvgIpc) is 2.72. The molecule has 0 saturated heterocycles. The van der Waals surface area contributed by atoms with Crippen LogP contribution in [-0.2, 0) is 4.79 Å². The molecule has 0 saturated carbocycles. The Bertz CT molecular complexity index is 940. The molecule has 0 fully saturated rings. The van der Waals surface area contributed by atoms with Gasteiger partial charge < -0.3 is 20.1 Å². The van der Waals surface area contributed by atoms with Crippen molar-refractivity contribution in [2.45, 2.75) is 18.2 Å². The Morgan fingerprint density at radius 3 is 2.64 bits per heavy atom. The first-order valence-electron chi connectivity index (χ1n) is 8.91. The second-order valence-corrected chi connectivity index (χ2v) is 7.23. The number of carbonyl (C=O) groups excluding carboxylic acids is 2. The van der Waals surface area contributed by atoms with E-state index in [1.807, 2.05) is 25.1 Å². The second-order valence-electron chi connectivity index (χ2n) is 6.15. The Kier molecular flexibility index (Phi) is 6.26. The lowest BCUT2D eigenvalue weighted by Crippen LogP contribution is -2.24. The molecule has 6 nitrogen and oxygen atoms in total. The zero-order valence-corrected chi connectivity index (χ0v) is 16.8. The minimum atomic E-state index is -0.210. The summed E-state index contributed by atoms with van der Waals surface area (Å²) in [5.41, 5.74) is 2.00. The van der Waals surface area contributed by atoms with Crippen LogP contribution in [0.5, 0.6) is 11.5 Å². The van der Waals surface area contributed by atoms with E-state index in [1.54, 1.807) is 38.5 Å². The summed E-state index contributed by atoms with van der Waals surface area (Å²) in [5.74, 6) is 0.875. The van der Waals surface area contributed by atoms with Crippen molar-refractivity contribution in [1.82, 2.24) is 5.32 Å². The lowest BCUT2D eigenvalue weighted by molar-refractivity contribution is -0.112. The van der Waals surface area contributed by atoms with Gasteiger partial charge in [0.25, 0.3) is 11.8 Å². The highest BCUT2D eigenvalue weighted by Crippen LogP contribution is 2.40. The molecule has 2 N–H and O–H groups in total. The van der Waals surface area contributed by atoms with Crippen molar-refractivity contribution >= 4 is 35.3 Å². The van der Waals surface area contributed by atoms with Gasteiger partial charge in [-0.2, -0.15) is 0 Å². The van der Waals surface area contributed by atoms with Crippen molar-refractivity contribution in [2.75, 3.05) is 26.1 Å². The van der Waals surface area contributed by atoms with E-state index in [2.05, 4.69) is 10.6 Å². The van der Waals surface area contributed by atoms with Crippen LogP contribution >= 0.6 is 11.8 Å². The van der Waals surface area contributed by atoms with Crippen LogP contribution in [0.1, 0.15) is 29.3 Å². The van der Waals surface area contributed by atoms with Gasteiger partial charge in [0.1, 0.15) is 0 Å². The second kappa shape index (κ2) is 8.84. The molecule has 0 unspecified atom stereocenters.